The van der Waals surface area contributed by atoms with Crippen molar-refractivity contribution in [1.82, 2.24) is 29.8 Å². The maximum Gasteiger partial charge on any atom is 0.216 e. The number of pyridine rings is 1. The Morgan fingerprint density at radius 2 is 1.30 bits per heavy atom. The van der Waals surface area contributed by atoms with Crippen LogP contribution in [-0.4, -0.2) is 63.2 Å². The smallest absolute Gasteiger partial charge is 0.216 e. The Morgan fingerprint density at radius 1 is 0.667 bits per heavy atom. The first kappa shape index (κ1) is 49.0. The van der Waals surface area contributed by atoms with E-state index in [-0.39, 0.29) is 27.5 Å². The summed E-state index contributed by atoms with van der Waals surface area (Å²) in [6.45, 7) is 34.2. The van der Waals surface area contributed by atoms with E-state index in [9.17, 15) is 4.39 Å². The number of aryl methyl sites for hydroxylation is 1. The normalized spacial score (nSPS) is 14.5. The van der Waals surface area contributed by atoms with Crippen molar-refractivity contribution < 1.29 is 13.9 Å². The van der Waals surface area contributed by atoms with Crippen LogP contribution in [0.1, 0.15) is 116 Å². The zero-order chi connectivity index (χ0) is 46.5. The van der Waals surface area contributed by atoms with Crippen LogP contribution in [0.15, 0.2) is 97.7 Å². The molecule has 3 aromatic carbocycles. The van der Waals surface area contributed by atoms with Crippen LogP contribution in [0.2, 0.25) is 5.02 Å². The van der Waals surface area contributed by atoms with Gasteiger partial charge in [0.2, 0.25) is 5.88 Å². The summed E-state index contributed by atoms with van der Waals surface area (Å²) in [5.41, 5.74) is 11.0. The molecule has 0 N–H and O–H groups in total. The molecule has 1 spiro atoms. The second-order valence-electron chi connectivity index (χ2n) is 21.0. The van der Waals surface area contributed by atoms with Crippen LogP contribution >= 0.6 is 11.6 Å². The topological polar surface area (TPSA) is 83.1 Å². The lowest BCUT2D eigenvalue weighted by Crippen LogP contribution is -2.66. The average molecular weight is 879 g/mol. The van der Waals surface area contributed by atoms with Crippen molar-refractivity contribution in [3.05, 3.63) is 142 Å². The standard InChI is InChI=1S/C15H20ClNO.C13H15FN2.C13H17N3.C11H17NO/c1-14(2,3)11-5-4-6-12(13(11)16)17-7-15(8-17)9-18-10-15;1-13(2,3)11-9-10(14)5-6-12(11)16-8-4-7-15-16;1-10-7-11(13(2,3)4)9-12(8-10)16-14-5-6-15-16;1-8-9(11(2,3)4)6-7-12-10(8)13-5/h4-6H,7-10H2,1-3H3;4-9H,1-3H3;5-9H,1-4H3;6-7H,1-5H3. The molecular formula is C52H69ClFN7O2. The molecule has 338 valence electrons. The van der Waals surface area contributed by atoms with Crippen molar-refractivity contribution in [2.24, 2.45) is 5.41 Å². The number of halogens is 2. The predicted octanol–water partition coefficient (Wildman–Crippen LogP) is 12.4. The van der Waals surface area contributed by atoms with E-state index in [4.69, 9.17) is 21.1 Å². The fourth-order valence-electron chi connectivity index (χ4n) is 7.77. The molecule has 9 nitrogen and oxygen atoms in total. The molecule has 8 rings (SSSR count). The minimum atomic E-state index is -0.208. The van der Waals surface area contributed by atoms with Gasteiger partial charge in [0.25, 0.3) is 0 Å². The largest absolute Gasteiger partial charge is 0.481 e. The van der Waals surface area contributed by atoms with E-state index >= 15 is 0 Å². The predicted molar refractivity (Wildman–Crippen MR) is 257 cm³/mol. The summed E-state index contributed by atoms with van der Waals surface area (Å²) >= 11 is 6.58. The Bertz CT molecular complexity index is 2410. The number of hydrogen-bond donors (Lipinski definition) is 0. The van der Waals surface area contributed by atoms with Crippen LogP contribution in [-0.2, 0) is 26.4 Å². The SMILES string of the molecule is CC(C)(C)c1cc(F)ccc1-n1cccn1.CC(C)(C)c1cccc(N2CC3(COC3)C2)c1Cl.COc1nccc(C(C)(C)C)c1C.Cc1cc(-n2nccn2)cc(C(C)(C)C)c1. The third-order valence-corrected chi connectivity index (χ3v) is 11.6. The van der Waals surface area contributed by atoms with Crippen LogP contribution in [0.3, 0.4) is 0 Å². The lowest BCUT2D eigenvalue weighted by atomic mass is 9.77. The first-order valence-corrected chi connectivity index (χ1v) is 22.1. The Morgan fingerprint density at radius 3 is 1.83 bits per heavy atom. The van der Waals surface area contributed by atoms with E-state index in [1.807, 2.05) is 19.2 Å². The van der Waals surface area contributed by atoms with Gasteiger partial charge in [-0.1, -0.05) is 113 Å². The highest BCUT2D eigenvalue weighted by Gasteiger charge is 2.49. The van der Waals surface area contributed by atoms with Gasteiger partial charge >= 0.3 is 0 Å². The van der Waals surface area contributed by atoms with Gasteiger partial charge in [0.05, 0.1) is 60.2 Å². The first-order valence-electron chi connectivity index (χ1n) is 21.7. The van der Waals surface area contributed by atoms with Crippen LogP contribution in [0, 0.1) is 25.1 Å². The van der Waals surface area contributed by atoms with Gasteiger partial charge in [0.1, 0.15) is 5.82 Å². The number of aromatic nitrogens is 6. The van der Waals surface area contributed by atoms with Gasteiger partial charge in [-0.05, 0) is 112 Å². The minimum absolute atomic E-state index is 0.0925. The second-order valence-corrected chi connectivity index (χ2v) is 21.3. The van der Waals surface area contributed by atoms with Gasteiger partial charge in [-0.15, -0.1) is 0 Å². The first-order chi connectivity index (χ1) is 29.3. The molecule has 0 unspecified atom stereocenters. The molecule has 0 saturated carbocycles. The molecule has 63 heavy (non-hydrogen) atoms. The van der Waals surface area contributed by atoms with Crippen molar-refractivity contribution >= 4 is 17.3 Å². The molecule has 0 radical (unpaired) electrons. The van der Waals surface area contributed by atoms with Crippen molar-refractivity contribution in [2.45, 2.75) is 119 Å². The van der Waals surface area contributed by atoms with Crippen molar-refractivity contribution in [2.75, 3.05) is 38.3 Å². The molecule has 2 fully saturated rings. The molecule has 5 heterocycles. The summed E-state index contributed by atoms with van der Waals surface area (Å²) in [4.78, 5) is 8.18. The summed E-state index contributed by atoms with van der Waals surface area (Å²) in [6, 6.07) is 21.6. The van der Waals surface area contributed by atoms with E-state index in [1.165, 1.54) is 34.0 Å². The zero-order valence-electron chi connectivity index (χ0n) is 40.3. The molecular weight excluding hydrogens is 809 g/mol. The third-order valence-electron chi connectivity index (χ3n) is 11.3. The van der Waals surface area contributed by atoms with E-state index in [2.05, 4.69) is 158 Å². The van der Waals surface area contributed by atoms with E-state index < -0.39 is 0 Å². The Kier molecular flexibility index (Phi) is 15.0. The molecule has 3 aromatic heterocycles. The highest BCUT2D eigenvalue weighted by Crippen LogP contribution is 2.44. The molecule has 0 amide bonds. The van der Waals surface area contributed by atoms with Gasteiger partial charge in [-0.3, -0.25) is 0 Å². The zero-order valence-corrected chi connectivity index (χ0v) is 41.0. The molecule has 0 bridgehead atoms. The maximum atomic E-state index is 13.3. The van der Waals surface area contributed by atoms with Gasteiger partial charge in [0, 0.05) is 37.2 Å². The van der Waals surface area contributed by atoms with Gasteiger partial charge in [-0.2, -0.15) is 20.1 Å². The van der Waals surface area contributed by atoms with E-state index in [0.29, 0.717) is 5.41 Å². The Balaban J connectivity index is 0.000000159. The molecule has 11 heteroatoms. The Labute approximate surface area is 381 Å². The lowest BCUT2D eigenvalue weighted by Gasteiger charge is -2.56. The van der Waals surface area contributed by atoms with Crippen molar-refractivity contribution in [3.8, 4) is 17.3 Å². The monoisotopic (exact) mass is 878 g/mol. The summed E-state index contributed by atoms with van der Waals surface area (Å²) in [6.07, 6.45) is 8.77. The van der Waals surface area contributed by atoms with Crippen LogP contribution in [0.5, 0.6) is 5.88 Å². The molecule has 2 saturated heterocycles. The summed E-state index contributed by atoms with van der Waals surface area (Å²) in [7, 11) is 1.65. The average Bonchev–Trinajstić information content (AvgIpc) is 3.90. The van der Waals surface area contributed by atoms with E-state index in [0.717, 1.165) is 59.7 Å². The number of rotatable bonds is 4. The van der Waals surface area contributed by atoms with E-state index in [1.54, 1.807) is 53.5 Å². The highest BCUT2D eigenvalue weighted by molar-refractivity contribution is 6.34. The highest BCUT2D eigenvalue weighted by atomic mass is 35.5. The summed E-state index contributed by atoms with van der Waals surface area (Å²) in [5.74, 6) is 0.522. The number of ether oxygens (including phenoxy) is 2. The number of anilines is 1. The quantitative estimate of drug-likeness (QED) is 0.174. The molecule has 0 aliphatic carbocycles. The number of benzene rings is 3. The number of nitrogens with zero attached hydrogens (tertiary/aromatic N) is 7. The van der Waals surface area contributed by atoms with Crippen LogP contribution < -0.4 is 9.64 Å². The second kappa shape index (κ2) is 19.4. The molecule has 2 aliphatic heterocycles. The summed E-state index contributed by atoms with van der Waals surface area (Å²) in [5, 5.41) is 13.4. The fraction of sp³-hybridized carbons (Fsp3) is 0.462. The molecule has 6 aromatic rings. The van der Waals surface area contributed by atoms with Crippen LogP contribution in [0.25, 0.3) is 11.4 Å². The van der Waals surface area contributed by atoms with Crippen molar-refractivity contribution in [1.29, 1.82) is 0 Å². The van der Waals surface area contributed by atoms with Gasteiger partial charge < -0.3 is 14.4 Å². The van der Waals surface area contributed by atoms with Gasteiger partial charge in [-0.25, -0.2) is 14.1 Å². The third kappa shape index (κ3) is 12.4. The fourth-order valence-corrected chi connectivity index (χ4v) is 8.29. The lowest BCUT2D eigenvalue weighted by molar-refractivity contribution is -0.127. The molecule has 2 aliphatic rings. The minimum Gasteiger partial charge on any atom is -0.481 e. The number of methoxy groups -OCH3 is 1. The van der Waals surface area contributed by atoms with Gasteiger partial charge in [0.15, 0.2) is 0 Å². The molecule has 0 atom stereocenters. The summed E-state index contributed by atoms with van der Waals surface area (Å²) < 4.78 is 25.5. The maximum absolute atomic E-state index is 13.3. The van der Waals surface area contributed by atoms with Crippen LogP contribution in [0.4, 0.5) is 10.1 Å². The number of hydrogen-bond acceptors (Lipinski definition) is 7. The van der Waals surface area contributed by atoms with Crippen molar-refractivity contribution in [3.63, 3.8) is 0 Å². The Hall–Kier alpha value is -5.06.